The fraction of sp³-hybridized carbons (Fsp3) is 0.636. The molecule has 0 bridgehead atoms. The highest BCUT2D eigenvalue weighted by Crippen LogP contribution is 2.38. The van der Waals surface area contributed by atoms with Gasteiger partial charge in [0.2, 0.25) is 5.91 Å². The standard InChI is InChI=1S/C22H31NO4/c1-3-4-10-20(26-2)19(14-17-11-12-17)21(24)23-18(15-27-22(23)25)13-16-8-6-5-7-9-16/h5-9,17-20H,3-4,10-15H2,1-2H3/t18-,19-,20+/m1/s1. The predicted molar refractivity (Wildman–Crippen MR) is 103 cm³/mol. The van der Waals surface area contributed by atoms with Gasteiger partial charge in [-0.05, 0) is 30.7 Å². The molecule has 1 aliphatic carbocycles. The highest BCUT2D eigenvalue weighted by Gasteiger charge is 2.44. The number of hydrogen-bond acceptors (Lipinski definition) is 4. The Hall–Kier alpha value is -1.88. The van der Waals surface area contributed by atoms with Crippen LogP contribution in [0.2, 0.25) is 0 Å². The van der Waals surface area contributed by atoms with Gasteiger partial charge in [-0.25, -0.2) is 9.69 Å². The van der Waals surface area contributed by atoms with Gasteiger partial charge in [-0.15, -0.1) is 0 Å². The van der Waals surface area contributed by atoms with Crippen LogP contribution in [0.15, 0.2) is 30.3 Å². The summed E-state index contributed by atoms with van der Waals surface area (Å²) in [5.74, 6) is 0.204. The molecule has 27 heavy (non-hydrogen) atoms. The van der Waals surface area contributed by atoms with E-state index in [4.69, 9.17) is 9.47 Å². The van der Waals surface area contributed by atoms with Gasteiger partial charge in [-0.2, -0.15) is 0 Å². The molecule has 5 heteroatoms. The quantitative estimate of drug-likeness (QED) is 0.617. The number of benzene rings is 1. The summed E-state index contributed by atoms with van der Waals surface area (Å²) in [5.41, 5.74) is 1.10. The molecule has 0 unspecified atom stereocenters. The smallest absolute Gasteiger partial charge is 0.416 e. The maximum Gasteiger partial charge on any atom is 0.416 e. The van der Waals surface area contributed by atoms with Crippen molar-refractivity contribution in [2.45, 2.75) is 64.0 Å². The number of unbranched alkanes of at least 4 members (excludes halogenated alkanes) is 1. The van der Waals surface area contributed by atoms with E-state index in [0.717, 1.165) is 31.2 Å². The Morgan fingerprint density at radius 3 is 2.67 bits per heavy atom. The minimum atomic E-state index is -0.507. The van der Waals surface area contributed by atoms with Gasteiger partial charge in [-0.1, -0.05) is 62.9 Å². The van der Waals surface area contributed by atoms with E-state index in [1.54, 1.807) is 7.11 Å². The number of cyclic esters (lactones) is 1. The third kappa shape index (κ3) is 5.10. The largest absolute Gasteiger partial charge is 0.447 e. The first kappa shape index (κ1) is 19.9. The van der Waals surface area contributed by atoms with Gasteiger partial charge in [0.05, 0.1) is 18.1 Å². The van der Waals surface area contributed by atoms with E-state index < -0.39 is 6.09 Å². The van der Waals surface area contributed by atoms with E-state index in [0.29, 0.717) is 12.3 Å². The van der Waals surface area contributed by atoms with E-state index in [-0.39, 0.29) is 30.6 Å². The van der Waals surface area contributed by atoms with E-state index >= 15 is 0 Å². The van der Waals surface area contributed by atoms with Crippen molar-refractivity contribution < 1.29 is 19.1 Å². The van der Waals surface area contributed by atoms with Gasteiger partial charge in [0.1, 0.15) is 6.61 Å². The maximum atomic E-state index is 13.4. The Kier molecular flexibility index (Phi) is 6.89. The molecule has 1 aromatic rings. The molecule has 0 aromatic heterocycles. The van der Waals surface area contributed by atoms with Crippen LogP contribution < -0.4 is 0 Å². The first-order chi connectivity index (χ1) is 13.1. The molecule has 1 aromatic carbocycles. The van der Waals surface area contributed by atoms with Crippen LogP contribution >= 0.6 is 0 Å². The lowest BCUT2D eigenvalue weighted by Gasteiger charge is -2.30. The molecule has 148 valence electrons. The molecule has 5 nitrogen and oxygen atoms in total. The number of amides is 2. The number of methoxy groups -OCH3 is 1. The third-order valence-electron chi connectivity index (χ3n) is 5.71. The molecule has 0 N–H and O–H groups in total. The highest BCUT2D eigenvalue weighted by molar-refractivity contribution is 5.95. The third-order valence-corrected chi connectivity index (χ3v) is 5.71. The number of nitrogens with zero attached hydrogens (tertiary/aromatic N) is 1. The average Bonchev–Trinajstić information content (AvgIpc) is 3.43. The Balaban J connectivity index is 1.75. The lowest BCUT2D eigenvalue weighted by molar-refractivity contribution is -0.139. The predicted octanol–water partition coefficient (Wildman–Crippen LogP) is 4.20. The molecule has 1 saturated heterocycles. The van der Waals surface area contributed by atoms with Crippen molar-refractivity contribution in [3.8, 4) is 0 Å². The van der Waals surface area contributed by atoms with Gasteiger partial charge in [0, 0.05) is 7.11 Å². The highest BCUT2D eigenvalue weighted by atomic mass is 16.6. The van der Waals surface area contributed by atoms with Crippen LogP contribution in [0.4, 0.5) is 4.79 Å². The first-order valence-corrected chi connectivity index (χ1v) is 10.2. The van der Waals surface area contributed by atoms with Crippen molar-refractivity contribution in [3.05, 3.63) is 35.9 Å². The lowest BCUT2D eigenvalue weighted by Crippen LogP contribution is -2.47. The normalized spacial score (nSPS) is 21.8. The SMILES string of the molecule is CCCC[C@H](OC)[C@@H](CC1CC1)C(=O)N1C(=O)OC[C@H]1Cc1ccccc1. The number of imide groups is 1. The van der Waals surface area contributed by atoms with Crippen LogP contribution in [-0.4, -0.2) is 42.8 Å². The molecule has 1 aliphatic heterocycles. The van der Waals surface area contributed by atoms with Crippen LogP contribution in [0.25, 0.3) is 0 Å². The Morgan fingerprint density at radius 2 is 2.04 bits per heavy atom. The summed E-state index contributed by atoms with van der Waals surface area (Å²) >= 11 is 0. The summed E-state index contributed by atoms with van der Waals surface area (Å²) in [4.78, 5) is 27.2. The van der Waals surface area contributed by atoms with Crippen molar-refractivity contribution in [2.24, 2.45) is 11.8 Å². The van der Waals surface area contributed by atoms with E-state index in [1.807, 2.05) is 30.3 Å². The number of hydrogen-bond donors (Lipinski definition) is 0. The number of carbonyl (C=O) groups is 2. The lowest BCUT2D eigenvalue weighted by atomic mass is 9.90. The summed E-state index contributed by atoms with van der Waals surface area (Å²) in [6.45, 7) is 2.40. The average molecular weight is 373 g/mol. The topological polar surface area (TPSA) is 55.8 Å². The molecule has 1 saturated carbocycles. The fourth-order valence-electron chi connectivity index (χ4n) is 3.96. The van der Waals surface area contributed by atoms with E-state index in [1.165, 1.54) is 17.7 Å². The maximum absolute atomic E-state index is 13.4. The second-order valence-electron chi connectivity index (χ2n) is 7.83. The Labute approximate surface area is 162 Å². The van der Waals surface area contributed by atoms with Crippen LogP contribution in [0.3, 0.4) is 0 Å². The van der Waals surface area contributed by atoms with Gasteiger partial charge >= 0.3 is 6.09 Å². The minimum Gasteiger partial charge on any atom is -0.447 e. The van der Waals surface area contributed by atoms with Crippen molar-refractivity contribution in [2.75, 3.05) is 13.7 Å². The van der Waals surface area contributed by atoms with Gasteiger partial charge in [0.15, 0.2) is 0 Å². The fourth-order valence-corrected chi connectivity index (χ4v) is 3.96. The molecule has 0 radical (unpaired) electrons. The summed E-state index contributed by atoms with van der Waals surface area (Å²) in [6, 6.07) is 9.71. The van der Waals surface area contributed by atoms with Crippen LogP contribution in [0.1, 0.15) is 51.0 Å². The van der Waals surface area contributed by atoms with E-state index in [9.17, 15) is 9.59 Å². The number of ether oxygens (including phenoxy) is 2. The van der Waals surface area contributed by atoms with Crippen molar-refractivity contribution in [1.82, 2.24) is 4.90 Å². The molecule has 2 amide bonds. The van der Waals surface area contributed by atoms with Crippen molar-refractivity contribution >= 4 is 12.0 Å². The van der Waals surface area contributed by atoms with Crippen molar-refractivity contribution in [1.29, 1.82) is 0 Å². The number of carbonyl (C=O) groups excluding carboxylic acids is 2. The molecule has 3 atom stereocenters. The minimum absolute atomic E-state index is 0.117. The van der Waals surface area contributed by atoms with Crippen LogP contribution in [-0.2, 0) is 20.7 Å². The van der Waals surface area contributed by atoms with Gasteiger partial charge in [-0.3, -0.25) is 4.79 Å². The molecular formula is C22H31NO4. The zero-order valence-corrected chi connectivity index (χ0v) is 16.4. The molecular weight excluding hydrogens is 342 g/mol. The second-order valence-corrected chi connectivity index (χ2v) is 7.83. The molecule has 2 aliphatic rings. The summed E-state index contributed by atoms with van der Waals surface area (Å²) in [5, 5.41) is 0. The van der Waals surface area contributed by atoms with Crippen LogP contribution in [0.5, 0.6) is 0 Å². The zero-order valence-electron chi connectivity index (χ0n) is 16.4. The molecule has 3 rings (SSSR count). The van der Waals surface area contributed by atoms with Crippen LogP contribution in [0, 0.1) is 11.8 Å². The Bertz CT molecular complexity index is 628. The molecule has 0 spiro atoms. The molecule has 1 heterocycles. The first-order valence-electron chi connectivity index (χ1n) is 10.2. The molecule has 2 fully saturated rings. The second kappa shape index (κ2) is 9.36. The van der Waals surface area contributed by atoms with Gasteiger partial charge < -0.3 is 9.47 Å². The summed E-state index contributed by atoms with van der Waals surface area (Å²) in [6.07, 6.45) is 6.07. The van der Waals surface area contributed by atoms with Gasteiger partial charge in [0.25, 0.3) is 0 Å². The summed E-state index contributed by atoms with van der Waals surface area (Å²) in [7, 11) is 1.68. The van der Waals surface area contributed by atoms with E-state index in [2.05, 4.69) is 6.92 Å². The van der Waals surface area contributed by atoms with Crippen molar-refractivity contribution in [3.63, 3.8) is 0 Å². The number of rotatable bonds is 10. The zero-order chi connectivity index (χ0) is 19.2. The monoisotopic (exact) mass is 373 g/mol. The Morgan fingerprint density at radius 1 is 1.30 bits per heavy atom. The summed E-state index contributed by atoms with van der Waals surface area (Å²) < 4.78 is 11.0.